The van der Waals surface area contributed by atoms with Crippen LogP contribution in [0.1, 0.15) is 13.8 Å². The molecule has 1 saturated heterocycles. The van der Waals surface area contributed by atoms with Gasteiger partial charge in [0.2, 0.25) is 5.82 Å². The number of hydrogen-bond acceptors (Lipinski definition) is 6. The molecule has 1 fully saturated rings. The summed E-state index contributed by atoms with van der Waals surface area (Å²) in [6, 6.07) is 0. The van der Waals surface area contributed by atoms with E-state index in [1.165, 1.54) is 14.1 Å². The van der Waals surface area contributed by atoms with Gasteiger partial charge in [0, 0.05) is 27.2 Å². The maximum atomic E-state index is 12.2. The first kappa shape index (κ1) is 14.7. The van der Waals surface area contributed by atoms with E-state index < -0.39 is 16.9 Å². The molecule has 1 N–H and O–H groups in total. The summed E-state index contributed by atoms with van der Waals surface area (Å²) in [6.45, 7) is 4.46. The van der Waals surface area contributed by atoms with Gasteiger partial charge in [-0.25, -0.2) is 9.48 Å². The van der Waals surface area contributed by atoms with Crippen LogP contribution in [0.2, 0.25) is 0 Å². The topological polar surface area (TPSA) is 89.6 Å². The van der Waals surface area contributed by atoms with Crippen molar-refractivity contribution in [2.45, 2.75) is 25.6 Å². The molecule has 1 aliphatic rings. The van der Waals surface area contributed by atoms with Crippen LogP contribution in [-0.2, 0) is 18.8 Å². The van der Waals surface area contributed by atoms with E-state index in [1.807, 2.05) is 13.8 Å². The first-order valence-corrected chi connectivity index (χ1v) is 6.43. The summed E-state index contributed by atoms with van der Waals surface area (Å²) >= 11 is 0. The molecule has 112 valence electrons. The van der Waals surface area contributed by atoms with Crippen molar-refractivity contribution in [3.8, 4) is 0 Å². The quantitative estimate of drug-likeness (QED) is 0.707. The van der Waals surface area contributed by atoms with E-state index in [1.54, 1.807) is 4.90 Å². The predicted octanol–water partition coefficient (Wildman–Crippen LogP) is -1.54. The highest BCUT2D eigenvalue weighted by molar-refractivity contribution is 5.36. The molecule has 1 unspecified atom stereocenters. The van der Waals surface area contributed by atoms with Crippen LogP contribution in [0, 0.1) is 0 Å². The van der Waals surface area contributed by atoms with Crippen LogP contribution in [0.25, 0.3) is 0 Å². The summed E-state index contributed by atoms with van der Waals surface area (Å²) in [5.74, 6) is 0.199. The van der Waals surface area contributed by atoms with Crippen LogP contribution in [0.15, 0.2) is 9.59 Å². The number of morpholine rings is 1. The van der Waals surface area contributed by atoms with Gasteiger partial charge < -0.3 is 14.7 Å². The van der Waals surface area contributed by atoms with E-state index >= 15 is 0 Å². The number of aliphatic hydroxyl groups is 1. The van der Waals surface area contributed by atoms with E-state index in [0.717, 1.165) is 9.25 Å². The molecule has 8 heteroatoms. The molecule has 0 aliphatic carbocycles. The normalized spacial score (nSPS) is 22.1. The van der Waals surface area contributed by atoms with Gasteiger partial charge in [-0.1, -0.05) is 0 Å². The molecule has 2 heterocycles. The molecule has 0 spiro atoms. The van der Waals surface area contributed by atoms with E-state index in [4.69, 9.17) is 4.74 Å². The molecule has 0 amide bonds. The Morgan fingerprint density at radius 3 is 2.65 bits per heavy atom. The molecule has 0 bridgehead atoms. The molecular weight excluding hydrogens is 264 g/mol. The zero-order chi connectivity index (χ0) is 15.1. The van der Waals surface area contributed by atoms with E-state index in [9.17, 15) is 14.7 Å². The van der Waals surface area contributed by atoms with Crippen LogP contribution in [0.4, 0.5) is 5.82 Å². The number of aryl methyl sites for hydroxylation is 1. The second-order valence-electron chi connectivity index (χ2n) is 5.66. The third kappa shape index (κ3) is 2.61. The van der Waals surface area contributed by atoms with Gasteiger partial charge in [0.15, 0.2) is 0 Å². The Morgan fingerprint density at radius 1 is 1.40 bits per heavy atom. The number of rotatable bonds is 2. The number of anilines is 1. The number of ether oxygens (including phenoxy) is 1. The van der Waals surface area contributed by atoms with Crippen molar-refractivity contribution in [3.05, 3.63) is 20.8 Å². The van der Waals surface area contributed by atoms with Crippen molar-refractivity contribution in [3.63, 3.8) is 0 Å². The van der Waals surface area contributed by atoms with Crippen LogP contribution in [0.3, 0.4) is 0 Å². The van der Waals surface area contributed by atoms with Crippen LogP contribution in [-0.4, -0.2) is 50.9 Å². The van der Waals surface area contributed by atoms with Crippen molar-refractivity contribution in [1.29, 1.82) is 0 Å². The largest absolute Gasteiger partial charge is 0.394 e. The molecule has 1 aromatic heterocycles. The number of nitrogens with zero attached hydrogens (tertiary/aromatic N) is 4. The fourth-order valence-electron chi connectivity index (χ4n) is 2.43. The van der Waals surface area contributed by atoms with Crippen LogP contribution in [0.5, 0.6) is 0 Å². The highest BCUT2D eigenvalue weighted by atomic mass is 16.5. The Bertz CT molecular complexity index is 619. The lowest BCUT2D eigenvalue weighted by Crippen LogP contribution is -2.56. The molecule has 1 atom stereocenters. The second kappa shape index (κ2) is 5.02. The van der Waals surface area contributed by atoms with E-state index in [0.29, 0.717) is 13.1 Å². The summed E-state index contributed by atoms with van der Waals surface area (Å²) in [7, 11) is 2.92. The molecule has 1 aliphatic heterocycles. The third-order valence-electron chi connectivity index (χ3n) is 3.29. The minimum Gasteiger partial charge on any atom is -0.394 e. The predicted molar refractivity (Wildman–Crippen MR) is 73.0 cm³/mol. The van der Waals surface area contributed by atoms with Gasteiger partial charge in [-0.15, -0.1) is 5.10 Å². The molecule has 2 rings (SSSR count). The third-order valence-corrected chi connectivity index (χ3v) is 3.29. The molecule has 0 aromatic carbocycles. The Morgan fingerprint density at radius 2 is 2.05 bits per heavy atom. The Hall–Kier alpha value is -1.67. The van der Waals surface area contributed by atoms with Crippen molar-refractivity contribution >= 4 is 5.82 Å². The Balaban J connectivity index is 2.46. The van der Waals surface area contributed by atoms with Crippen LogP contribution >= 0.6 is 0 Å². The summed E-state index contributed by atoms with van der Waals surface area (Å²) in [5, 5.41) is 13.4. The fraction of sp³-hybridized carbons (Fsp3) is 0.750. The lowest BCUT2D eigenvalue weighted by Gasteiger charge is -2.42. The molecule has 0 saturated carbocycles. The highest BCUT2D eigenvalue weighted by Gasteiger charge is 2.35. The Kier molecular flexibility index (Phi) is 3.70. The van der Waals surface area contributed by atoms with Crippen LogP contribution < -0.4 is 16.1 Å². The van der Waals surface area contributed by atoms with E-state index in [-0.39, 0.29) is 18.5 Å². The van der Waals surface area contributed by atoms with Crippen molar-refractivity contribution in [2.75, 3.05) is 24.6 Å². The summed E-state index contributed by atoms with van der Waals surface area (Å²) in [6.07, 6.45) is -0.387. The zero-order valence-corrected chi connectivity index (χ0v) is 12.2. The van der Waals surface area contributed by atoms with Gasteiger partial charge in [0.1, 0.15) is 0 Å². The zero-order valence-electron chi connectivity index (χ0n) is 12.2. The molecule has 8 nitrogen and oxygen atoms in total. The maximum absolute atomic E-state index is 12.2. The second-order valence-corrected chi connectivity index (χ2v) is 5.66. The summed E-state index contributed by atoms with van der Waals surface area (Å²) in [4.78, 5) is 25.6. The van der Waals surface area contributed by atoms with Gasteiger partial charge in [-0.2, -0.15) is 0 Å². The average Bonchev–Trinajstić information content (AvgIpc) is 2.38. The van der Waals surface area contributed by atoms with Gasteiger partial charge in [-0.3, -0.25) is 9.36 Å². The van der Waals surface area contributed by atoms with Crippen molar-refractivity contribution < 1.29 is 9.84 Å². The first-order valence-electron chi connectivity index (χ1n) is 6.43. The lowest BCUT2D eigenvalue weighted by atomic mass is 10.1. The SMILES string of the molecule is Cn1nc(N2CC(CO)OC(C)(C)C2)c(=O)n(C)c1=O. The molecule has 20 heavy (non-hydrogen) atoms. The minimum atomic E-state index is -0.507. The summed E-state index contributed by atoms with van der Waals surface area (Å²) < 4.78 is 7.86. The van der Waals surface area contributed by atoms with Gasteiger partial charge >= 0.3 is 5.69 Å². The maximum Gasteiger partial charge on any atom is 0.346 e. The van der Waals surface area contributed by atoms with E-state index in [2.05, 4.69) is 5.10 Å². The fourth-order valence-corrected chi connectivity index (χ4v) is 2.43. The highest BCUT2D eigenvalue weighted by Crippen LogP contribution is 2.22. The number of hydrogen-bond donors (Lipinski definition) is 1. The van der Waals surface area contributed by atoms with Gasteiger partial charge in [-0.05, 0) is 13.8 Å². The van der Waals surface area contributed by atoms with Crippen molar-refractivity contribution in [1.82, 2.24) is 14.3 Å². The standard InChI is InChI=1S/C12H20N4O4/c1-12(2)7-16(5-8(6-17)20-12)9-10(18)14(3)11(19)15(4)13-9/h8,17H,5-7H2,1-4H3. The van der Waals surface area contributed by atoms with Crippen molar-refractivity contribution in [2.24, 2.45) is 14.1 Å². The number of aliphatic hydroxyl groups excluding tert-OH is 1. The summed E-state index contributed by atoms with van der Waals surface area (Å²) in [5.41, 5.74) is -1.42. The molecule has 1 aromatic rings. The molecule has 0 radical (unpaired) electrons. The lowest BCUT2D eigenvalue weighted by molar-refractivity contribution is -0.101. The molecular formula is C12H20N4O4. The Labute approximate surface area is 116 Å². The smallest absolute Gasteiger partial charge is 0.346 e. The first-order chi connectivity index (χ1) is 9.25. The average molecular weight is 284 g/mol. The van der Waals surface area contributed by atoms with Gasteiger partial charge in [0.05, 0.1) is 18.3 Å². The number of aromatic nitrogens is 3. The minimum absolute atomic E-state index is 0.133. The van der Waals surface area contributed by atoms with Gasteiger partial charge in [0.25, 0.3) is 5.56 Å². The monoisotopic (exact) mass is 284 g/mol.